The summed E-state index contributed by atoms with van der Waals surface area (Å²) in [4.78, 5) is 17.0. The molecule has 0 bridgehead atoms. The van der Waals surface area contributed by atoms with Crippen LogP contribution in [0.5, 0.6) is 0 Å². The zero-order valence-corrected chi connectivity index (χ0v) is 12.9. The van der Waals surface area contributed by atoms with Gasteiger partial charge in [0.2, 0.25) is 0 Å². The van der Waals surface area contributed by atoms with Crippen LogP contribution in [0.15, 0.2) is 6.07 Å². The molecule has 0 saturated carbocycles. The molecule has 3 rings (SSSR count). The van der Waals surface area contributed by atoms with E-state index in [0.717, 1.165) is 51.4 Å². The number of rotatable bonds is 3. The third-order valence-corrected chi connectivity index (χ3v) is 4.56. The summed E-state index contributed by atoms with van der Waals surface area (Å²) in [5.74, 6) is 0.432. The second kappa shape index (κ2) is 6.15. The summed E-state index contributed by atoms with van der Waals surface area (Å²) in [6.07, 6.45) is 1.08. The van der Waals surface area contributed by atoms with E-state index in [9.17, 15) is 4.79 Å². The average Bonchev–Trinajstić information content (AvgIpc) is 3.17. The molecule has 1 atom stereocenters. The van der Waals surface area contributed by atoms with Crippen molar-refractivity contribution >= 4 is 5.91 Å². The van der Waals surface area contributed by atoms with Gasteiger partial charge in [-0.1, -0.05) is 13.8 Å². The molecule has 6 nitrogen and oxygen atoms in total. The Labute approximate surface area is 125 Å². The lowest BCUT2D eigenvalue weighted by molar-refractivity contribution is 0.0767. The highest BCUT2D eigenvalue weighted by Gasteiger charge is 2.32. The molecule has 2 N–H and O–H groups in total. The molecule has 0 spiro atoms. The van der Waals surface area contributed by atoms with E-state index in [2.05, 4.69) is 34.3 Å². The fraction of sp³-hybridized carbons (Fsp3) is 0.733. The van der Waals surface area contributed by atoms with E-state index in [1.165, 1.54) is 0 Å². The van der Waals surface area contributed by atoms with Crippen LogP contribution in [0.25, 0.3) is 0 Å². The predicted octanol–water partition coefficient (Wildman–Crippen LogP) is 0.653. The molecular formula is C15H25N5O. The van der Waals surface area contributed by atoms with Gasteiger partial charge in [0, 0.05) is 51.0 Å². The molecule has 2 aliphatic heterocycles. The number of likely N-dealkylation sites (tertiary alicyclic amines) is 1. The summed E-state index contributed by atoms with van der Waals surface area (Å²) in [6.45, 7) is 10.2. The largest absolute Gasteiger partial charge is 0.336 e. The lowest BCUT2D eigenvalue weighted by Crippen LogP contribution is -2.49. The van der Waals surface area contributed by atoms with Crippen molar-refractivity contribution in [3.63, 3.8) is 0 Å². The topological polar surface area (TPSA) is 64.3 Å². The van der Waals surface area contributed by atoms with Crippen molar-refractivity contribution in [1.82, 2.24) is 25.3 Å². The Morgan fingerprint density at radius 3 is 2.76 bits per heavy atom. The molecule has 116 valence electrons. The zero-order chi connectivity index (χ0) is 14.8. The quantitative estimate of drug-likeness (QED) is 0.858. The highest BCUT2D eigenvalue weighted by molar-refractivity contribution is 5.92. The van der Waals surface area contributed by atoms with Gasteiger partial charge in [-0.2, -0.15) is 5.10 Å². The number of nitrogens with one attached hydrogen (secondary N) is 2. The number of carbonyl (C=O) groups excluding carboxylic acids is 1. The van der Waals surface area contributed by atoms with Crippen molar-refractivity contribution in [2.45, 2.75) is 32.2 Å². The molecule has 0 aliphatic carbocycles. The number of aromatic nitrogens is 2. The van der Waals surface area contributed by atoms with Crippen molar-refractivity contribution in [2.75, 3.05) is 39.3 Å². The Bertz CT molecular complexity index is 492. The fourth-order valence-corrected chi connectivity index (χ4v) is 3.18. The highest BCUT2D eigenvalue weighted by atomic mass is 16.2. The standard InChI is InChI=1S/C15H25N5O/c1-11(2)13-9-14(18-17-13)15(21)20-6-3-12(10-20)19-7-4-16-5-8-19/h9,11-12,16H,3-8,10H2,1-2H3,(H,17,18). The number of amides is 1. The Morgan fingerprint density at radius 2 is 2.10 bits per heavy atom. The number of carbonyl (C=O) groups is 1. The van der Waals surface area contributed by atoms with Crippen molar-refractivity contribution in [3.05, 3.63) is 17.5 Å². The van der Waals surface area contributed by atoms with E-state index < -0.39 is 0 Å². The van der Waals surface area contributed by atoms with Gasteiger partial charge in [-0.3, -0.25) is 14.8 Å². The summed E-state index contributed by atoms with van der Waals surface area (Å²) in [7, 11) is 0. The predicted molar refractivity (Wildman–Crippen MR) is 81.4 cm³/mol. The van der Waals surface area contributed by atoms with Crippen LogP contribution in [0.4, 0.5) is 0 Å². The smallest absolute Gasteiger partial charge is 0.274 e. The van der Waals surface area contributed by atoms with Crippen LogP contribution in [0, 0.1) is 0 Å². The first-order valence-electron chi connectivity index (χ1n) is 7.94. The van der Waals surface area contributed by atoms with Crippen molar-refractivity contribution < 1.29 is 4.79 Å². The first kappa shape index (κ1) is 14.5. The zero-order valence-electron chi connectivity index (χ0n) is 12.9. The van der Waals surface area contributed by atoms with E-state index in [1.54, 1.807) is 0 Å². The molecule has 1 unspecified atom stereocenters. The van der Waals surface area contributed by atoms with Gasteiger partial charge in [-0.25, -0.2) is 0 Å². The maximum atomic E-state index is 12.5. The van der Waals surface area contributed by atoms with Gasteiger partial charge < -0.3 is 10.2 Å². The van der Waals surface area contributed by atoms with E-state index in [0.29, 0.717) is 17.7 Å². The number of H-pyrrole nitrogens is 1. The maximum absolute atomic E-state index is 12.5. The van der Waals surface area contributed by atoms with Gasteiger partial charge in [0.05, 0.1) is 0 Å². The Morgan fingerprint density at radius 1 is 1.33 bits per heavy atom. The monoisotopic (exact) mass is 291 g/mol. The molecule has 21 heavy (non-hydrogen) atoms. The number of nitrogens with zero attached hydrogens (tertiary/aromatic N) is 3. The first-order chi connectivity index (χ1) is 10.1. The lowest BCUT2D eigenvalue weighted by atomic mass is 10.1. The fourth-order valence-electron chi connectivity index (χ4n) is 3.18. The summed E-state index contributed by atoms with van der Waals surface area (Å²) in [6, 6.07) is 2.41. The summed E-state index contributed by atoms with van der Waals surface area (Å²) >= 11 is 0. The van der Waals surface area contributed by atoms with Gasteiger partial charge >= 0.3 is 0 Å². The lowest BCUT2D eigenvalue weighted by Gasteiger charge is -2.32. The van der Waals surface area contributed by atoms with Crippen LogP contribution in [0.2, 0.25) is 0 Å². The first-order valence-corrected chi connectivity index (χ1v) is 7.94. The molecule has 0 aromatic carbocycles. The summed E-state index contributed by atoms with van der Waals surface area (Å²) in [5.41, 5.74) is 1.58. The van der Waals surface area contributed by atoms with Gasteiger partial charge in [0.15, 0.2) is 0 Å². The number of aromatic amines is 1. The minimum atomic E-state index is 0.0655. The number of piperazine rings is 1. The van der Waals surface area contributed by atoms with Crippen molar-refractivity contribution in [2.24, 2.45) is 0 Å². The van der Waals surface area contributed by atoms with Crippen LogP contribution >= 0.6 is 0 Å². The summed E-state index contributed by atoms with van der Waals surface area (Å²) < 4.78 is 0. The number of hydrogen-bond donors (Lipinski definition) is 2. The molecule has 1 aromatic rings. The van der Waals surface area contributed by atoms with E-state index >= 15 is 0 Å². The molecule has 1 amide bonds. The molecule has 2 saturated heterocycles. The average molecular weight is 291 g/mol. The third-order valence-electron chi connectivity index (χ3n) is 4.56. The maximum Gasteiger partial charge on any atom is 0.274 e. The molecule has 1 aromatic heterocycles. The Kier molecular flexibility index (Phi) is 4.26. The molecule has 0 radical (unpaired) electrons. The van der Waals surface area contributed by atoms with Gasteiger partial charge in [0.25, 0.3) is 5.91 Å². The third kappa shape index (κ3) is 3.11. The Balaban J connectivity index is 1.60. The van der Waals surface area contributed by atoms with Crippen LogP contribution < -0.4 is 5.32 Å². The highest BCUT2D eigenvalue weighted by Crippen LogP contribution is 2.19. The van der Waals surface area contributed by atoms with E-state index in [1.807, 2.05) is 11.0 Å². The van der Waals surface area contributed by atoms with Gasteiger partial charge in [-0.15, -0.1) is 0 Å². The van der Waals surface area contributed by atoms with Crippen molar-refractivity contribution in [1.29, 1.82) is 0 Å². The van der Waals surface area contributed by atoms with Crippen LogP contribution in [-0.2, 0) is 0 Å². The molecule has 3 heterocycles. The van der Waals surface area contributed by atoms with Gasteiger partial charge in [0.1, 0.15) is 5.69 Å². The number of hydrogen-bond acceptors (Lipinski definition) is 4. The normalized spacial score (nSPS) is 24.0. The van der Waals surface area contributed by atoms with E-state index in [4.69, 9.17) is 0 Å². The van der Waals surface area contributed by atoms with E-state index in [-0.39, 0.29) is 5.91 Å². The molecule has 6 heteroatoms. The minimum absolute atomic E-state index is 0.0655. The van der Waals surface area contributed by atoms with Crippen LogP contribution in [0.3, 0.4) is 0 Å². The molecule has 2 fully saturated rings. The SMILES string of the molecule is CC(C)c1cc(C(=O)N2CCC(N3CCNCC3)C2)n[nH]1. The minimum Gasteiger partial charge on any atom is -0.336 e. The second-order valence-electron chi connectivity index (χ2n) is 6.34. The van der Waals surface area contributed by atoms with Crippen molar-refractivity contribution in [3.8, 4) is 0 Å². The molecular weight excluding hydrogens is 266 g/mol. The van der Waals surface area contributed by atoms with Gasteiger partial charge in [-0.05, 0) is 18.4 Å². The Hall–Kier alpha value is -1.40. The second-order valence-corrected chi connectivity index (χ2v) is 6.34. The summed E-state index contributed by atoms with van der Waals surface area (Å²) in [5, 5.41) is 10.5. The molecule has 2 aliphatic rings. The van der Waals surface area contributed by atoms with Crippen LogP contribution in [-0.4, -0.2) is 71.2 Å². The van der Waals surface area contributed by atoms with Crippen LogP contribution in [0.1, 0.15) is 42.4 Å².